The molecule has 138 valence electrons. The number of nitrogens with one attached hydrogen (secondary N) is 1. The number of methoxy groups -OCH3 is 3. The second kappa shape index (κ2) is 8.10. The Morgan fingerprint density at radius 2 is 1.85 bits per heavy atom. The molecular weight excluding hydrogens is 332 g/mol. The summed E-state index contributed by atoms with van der Waals surface area (Å²) in [4.78, 5) is 14.9. The molecule has 1 heterocycles. The van der Waals surface area contributed by atoms with Gasteiger partial charge in [-0.15, -0.1) is 0 Å². The zero-order valence-corrected chi connectivity index (χ0v) is 15.3. The molecule has 1 atom stereocenters. The molecule has 6 heteroatoms. The quantitative estimate of drug-likeness (QED) is 0.861. The van der Waals surface area contributed by atoms with Gasteiger partial charge in [0.25, 0.3) is 5.91 Å². The third-order valence-electron chi connectivity index (χ3n) is 4.62. The first-order chi connectivity index (χ1) is 12.7. The van der Waals surface area contributed by atoms with E-state index in [0.717, 1.165) is 30.9 Å². The summed E-state index contributed by atoms with van der Waals surface area (Å²) in [6.07, 6.45) is 1.32. The van der Waals surface area contributed by atoms with Crippen LogP contribution < -0.4 is 19.7 Å². The molecule has 0 saturated carbocycles. The number of carbonyl (C=O) groups is 1. The first-order valence-electron chi connectivity index (χ1n) is 8.56. The molecule has 3 rings (SSSR count). The number of rotatable bonds is 6. The molecule has 0 spiro atoms. The summed E-state index contributed by atoms with van der Waals surface area (Å²) in [6, 6.07) is 13.1. The molecule has 1 unspecified atom stereocenters. The molecule has 26 heavy (non-hydrogen) atoms. The minimum atomic E-state index is -0.242. The van der Waals surface area contributed by atoms with Gasteiger partial charge in [0.15, 0.2) is 11.5 Å². The van der Waals surface area contributed by atoms with Gasteiger partial charge in [0.1, 0.15) is 0 Å². The van der Waals surface area contributed by atoms with Crippen molar-refractivity contribution in [3.63, 3.8) is 0 Å². The Morgan fingerprint density at radius 1 is 1.08 bits per heavy atom. The minimum Gasteiger partial charge on any atom is -0.493 e. The number of amides is 1. The summed E-state index contributed by atoms with van der Waals surface area (Å²) in [5.74, 6) is 0.707. The lowest BCUT2D eigenvalue weighted by atomic mass is 10.1. The van der Waals surface area contributed by atoms with Crippen LogP contribution in [0.25, 0.3) is 0 Å². The van der Waals surface area contributed by atoms with Gasteiger partial charge in [0, 0.05) is 31.6 Å². The molecule has 0 aliphatic carbocycles. The Labute approximate surface area is 153 Å². The fourth-order valence-corrected chi connectivity index (χ4v) is 3.18. The lowest BCUT2D eigenvalue weighted by Crippen LogP contribution is -2.22. The Balaban J connectivity index is 1.71. The zero-order chi connectivity index (χ0) is 18.5. The van der Waals surface area contributed by atoms with Crippen LogP contribution in [0.4, 0.5) is 11.4 Å². The van der Waals surface area contributed by atoms with Gasteiger partial charge < -0.3 is 24.4 Å². The highest BCUT2D eigenvalue weighted by Crippen LogP contribution is 2.31. The molecule has 1 amide bonds. The first kappa shape index (κ1) is 18.1. The monoisotopic (exact) mass is 356 g/mol. The highest BCUT2D eigenvalue weighted by Gasteiger charge is 2.22. The van der Waals surface area contributed by atoms with Crippen molar-refractivity contribution in [3.05, 3.63) is 48.0 Å². The number of ether oxygens (including phenoxy) is 3. The van der Waals surface area contributed by atoms with Gasteiger partial charge in [0.2, 0.25) is 0 Å². The van der Waals surface area contributed by atoms with E-state index in [-0.39, 0.29) is 12.0 Å². The molecule has 1 aliphatic rings. The van der Waals surface area contributed by atoms with Crippen molar-refractivity contribution >= 4 is 17.3 Å². The number of hydrogen-bond acceptors (Lipinski definition) is 5. The van der Waals surface area contributed by atoms with Crippen LogP contribution in [-0.4, -0.2) is 46.4 Å². The fourth-order valence-electron chi connectivity index (χ4n) is 3.18. The molecule has 0 radical (unpaired) electrons. The van der Waals surface area contributed by atoms with Crippen LogP contribution in [0.2, 0.25) is 0 Å². The van der Waals surface area contributed by atoms with Crippen LogP contribution in [-0.2, 0) is 4.74 Å². The predicted molar refractivity (Wildman–Crippen MR) is 102 cm³/mol. The third-order valence-corrected chi connectivity index (χ3v) is 4.62. The van der Waals surface area contributed by atoms with E-state index in [1.807, 2.05) is 24.3 Å². The van der Waals surface area contributed by atoms with Crippen LogP contribution in [0.5, 0.6) is 11.5 Å². The van der Waals surface area contributed by atoms with E-state index in [0.29, 0.717) is 17.1 Å². The van der Waals surface area contributed by atoms with Crippen LogP contribution in [0.15, 0.2) is 42.5 Å². The summed E-state index contributed by atoms with van der Waals surface area (Å²) in [5, 5.41) is 2.90. The van der Waals surface area contributed by atoms with Gasteiger partial charge in [0.05, 0.1) is 25.9 Å². The molecule has 0 aromatic heterocycles. The van der Waals surface area contributed by atoms with Gasteiger partial charge in [-0.3, -0.25) is 4.79 Å². The van der Waals surface area contributed by atoms with E-state index in [4.69, 9.17) is 14.2 Å². The smallest absolute Gasteiger partial charge is 0.259 e. The Hall–Kier alpha value is -2.73. The molecule has 6 nitrogen and oxygen atoms in total. The molecule has 1 fully saturated rings. The lowest BCUT2D eigenvalue weighted by molar-refractivity contribution is 0.102. The molecule has 2 aromatic carbocycles. The molecule has 1 aliphatic heterocycles. The molecule has 1 N–H and O–H groups in total. The standard InChI is InChI=1S/C20H24N2O4/c1-24-16-11-12-22(13-16)15-9-7-14(8-10-15)21-20(23)17-5-4-6-18(25-2)19(17)26-3/h4-10,16H,11-13H2,1-3H3,(H,21,23). The summed E-state index contributed by atoms with van der Waals surface area (Å²) in [7, 11) is 4.82. The SMILES string of the molecule is COc1cccc(C(=O)Nc2ccc(N3CCC(OC)C3)cc2)c1OC. The second-order valence-corrected chi connectivity index (χ2v) is 6.13. The lowest BCUT2D eigenvalue weighted by Gasteiger charge is -2.19. The van der Waals surface area contributed by atoms with Crippen LogP contribution in [0.3, 0.4) is 0 Å². The molecular formula is C20H24N2O4. The summed E-state index contributed by atoms with van der Waals surface area (Å²) < 4.78 is 16.0. The number of benzene rings is 2. The fraction of sp³-hybridized carbons (Fsp3) is 0.350. The largest absolute Gasteiger partial charge is 0.493 e. The van der Waals surface area contributed by atoms with Crippen LogP contribution in [0, 0.1) is 0 Å². The average Bonchev–Trinajstić information content (AvgIpc) is 3.17. The number of nitrogens with zero attached hydrogens (tertiary/aromatic N) is 1. The number of anilines is 2. The van der Waals surface area contributed by atoms with Crippen molar-refractivity contribution in [1.82, 2.24) is 0 Å². The van der Waals surface area contributed by atoms with Gasteiger partial charge in [-0.1, -0.05) is 6.07 Å². The van der Waals surface area contributed by atoms with Gasteiger partial charge in [-0.05, 0) is 42.8 Å². The predicted octanol–water partition coefficient (Wildman–Crippen LogP) is 3.18. The Bertz CT molecular complexity index is 761. The van der Waals surface area contributed by atoms with Crippen molar-refractivity contribution < 1.29 is 19.0 Å². The van der Waals surface area contributed by atoms with Crippen molar-refractivity contribution in [2.45, 2.75) is 12.5 Å². The molecule has 2 aromatic rings. The number of hydrogen-bond donors (Lipinski definition) is 1. The van der Waals surface area contributed by atoms with E-state index in [1.54, 1.807) is 32.4 Å². The minimum absolute atomic E-state index is 0.242. The molecule has 0 bridgehead atoms. The van der Waals surface area contributed by atoms with Crippen LogP contribution in [0.1, 0.15) is 16.8 Å². The van der Waals surface area contributed by atoms with Gasteiger partial charge in [-0.25, -0.2) is 0 Å². The highest BCUT2D eigenvalue weighted by molar-refractivity contribution is 6.06. The normalized spacial score (nSPS) is 16.4. The second-order valence-electron chi connectivity index (χ2n) is 6.13. The summed E-state index contributed by atoms with van der Waals surface area (Å²) in [6.45, 7) is 1.87. The Kier molecular flexibility index (Phi) is 5.63. The van der Waals surface area contributed by atoms with E-state index >= 15 is 0 Å². The third kappa shape index (κ3) is 3.75. The molecule has 1 saturated heterocycles. The summed E-state index contributed by atoms with van der Waals surface area (Å²) >= 11 is 0. The number of carbonyl (C=O) groups excluding carboxylic acids is 1. The highest BCUT2D eigenvalue weighted by atomic mass is 16.5. The topological polar surface area (TPSA) is 60.0 Å². The zero-order valence-electron chi connectivity index (χ0n) is 15.3. The van der Waals surface area contributed by atoms with Gasteiger partial charge >= 0.3 is 0 Å². The van der Waals surface area contributed by atoms with E-state index < -0.39 is 0 Å². The van der Waals surface area contributed by atoms with Gasteiger partial charge in [-0.2, -0.15) is 0 Å². The first-order valence-corrected chi connectivity index (χ1v) is 8.56. The maximum absolute atomic E-state index is 12.6. The van der Waals surface area contributed by atoms with E-state index in [9.17, 15) is 4.79 Å². The van der Waals surface area contributed by atoms with E-state index in [1.165, 1.54) is 7.11 Å². The summed E-state index contributed by atoms with van der Waals surface area (Å²) in [5.41, 5.74) is 2.28. The Morgan fingerprint density at radius 3 is 2.46 bits per heavy atom. The van der Waals surface area contributed by atoms with Crippen molar-refractivity contribution in [2.24, 2.45) is 0 Å². The van der Waals surface area contributed by atoms with Crippen molar-refractivity contribution in [1.29, 1.82) is 0 Å². The number of para-hydroxylation sites is 1. The van der Waals surface area contributed by atoms with Crippen molar-refractivity contribution in [3.8, 4) is 11.5 Å². The van der Waals surface area contributed by atoms with Crippen molar-refractivity contribution in [2.75, 3.05) is 44.6 Å². The van der Waals surface area contributed by atoms with E-state index in [2.05, 4.69) is 10.2 Å². The maximum Gasteiger partial charge on any atom is 0.259 e. The average molecular weight is 356 g/mol. The maximum atomic E-state index is 12.6. The van der Waals surface area contributed by atoms with Crippen LogP contribution >= 0.6 is 0 Å².